The topological polar surface area (TPSA) is 70.8 Å². The Labute approximate surface area is 123 Å². The molecule has 114 valence electrons. The number of rotatable bonds is 6. The Hall–Kier alpha value is -2.08. The molecule has 1 aliphatic rings. The van der Waals surface area contributed by atoms with Gasteiger partial charge in [0, 0.05) is 6.07 Å². The van der Waals surface area contributed by atoms with Crippen molar-refractivity contribution in [2.75, 3.05) is 26.4 Å². The summed E-state index contributed by atoms with van der Waals surface area (Å²) in [4.78, 5) is 10.8. The molecule has 1 aromatic carbocycles. The standard InChI is InChI=1S/C15H19NO5/c1-3-20-13-6-5-12(16(17)18)15(21-4-2)14(13)11-7-9-19-10-8-11/h5-7H,3-4,8-10H2,1-2H3. The second-order valence-corrected chi connectivity index (χ2v) is 4.46. The van der Waals surface area contributed by atoms with Gasteiger partial charge in [0.2, 0.25) is 5.75 Å². The smallest absolute Gasteiger partial charge is 0.311 e. The fourth-order valence-electron chi connectivity index (χ4n) is 2.32. The van der Waals surface area contributed by atoms with Crippen LogP contribution in [-0.4, -0.2) is 31.4 Å². The number of ether oxygens (including phenoxy) is 3. The van der Waals surface area contributed by atoms with E-state index in [-0.39, 0.29) is 11.4 Å². The molecule has 21 heavy (non-hydrogen) atoms. The van der Waals surface area contributed by atoms with Gasteiger partial charge in [-0.3, -0.25) is 10.1 Å². The average Bonchev–Trinajstić information content (AvgIpc) is 2.49. The molecule has 6 nitrogen and oxygen atoms in total. The van der Waals surface area contributed by atoms with E-state index in [2.05, 4.69) is 0 Å². The first kappa shape index (κ1) is 15.3. The van der Waals surface area contributed by atoms with Crippen molar-refractivity contribution in [2.24, 2.45) is 0 Å². The molecule has 0 aliphatic carbocycles. The molecule has 2 rings (SSSR count). The molecule has 0 aromatic heterocycles. The third-order valence-electron chi connectivity index (χ3n) is 3.17. The molecule has 0 radical (unpaired) electrons. The SMILES string of the molecule is CCOc1ccc([N+](=O)[O-])c(OCC)c1C1=CCOCC1. The van der Waals surface area contributed by atoms with Crippen molar-refractivity contribution in [1.82, 2.24) is 0 Å². The summed E-state index contributed by atoms with van der Waals surface area (Å²) in [6.45, 7) is 5.61. The van der Waals surface area contributed by atoms with Crippen LogP contribution in [0.1, 0.15) is 25.8 Å². The highest BCUT2D eigenvalue weighted by molar-refractivity contribution is 5.79. The monoisotopic (exact) mass is 293 g/mol. The van der Waals surface area contributed by atoms with Crippen LogP contribution in [0, 0.1) is 10.1 Å². The van der Waals surface area contributed by atoms with Crippen molar-refractivity contribution in [1.29, 1.82) is 0 Å². The molecule has 1 aromatic rings. The fourth-order valence-corrected chi connectivity index (χ4v) is 2.32. The molecule has 0 atom stereocenters. The average molecular weight is 293 g/mol. The Balaban J connectivity index is 2.61. The largest absolute Gasteiger partial charge is 0.493 e. The molecule has 1 aliphatic heterocycles. The molecule has 0 saturated carbocycles. The second-order valence-electron chi connectivity index (χ2n) is 4.46. The highest BCUT2D eigenvalue weighted by Crippen LogP contribution is 2.43. The van der Waals surface area contributed by atoms with E-state index >= 15 is 0 Å². The van der Waals surface area contributed by atoms with Gasteiger partial charge in [-0.25, -0.2) is 0 Å². The zero-order valence-electron chi connectivity index (χ0n) is 12.3. The van der Waals surface area contributed by atoms with Gasteiger partial charge in [-0.2, -0.15) is 0 Å². The minimum absolute atomic E-state index is 0.0392. The zero-order chi connectivity index (χ0) is 15.2. The summed E-state index contributed by atoms with van der Waals surface area (Å²) in [5.74, 6) is 0.890. The highest BCUT2D eigenvalue weighted by Gasteiger charge is 2.26. The molecule has 0 amide bonds. The molecular weight excluding hydrogens is 274 g/mol. The van der Waals surface area contributed by atoms with Crippen LogP contribution in [0.15, 0.2) is 18.2 Å². The lowest BCUT2D eigenvalue weighted by Gasteiger charge is -2.20. The maximum atomic E-state index is 11.2. The van der Waals surface area contributed by atoms with E-state index in [1.807, 2.05) is 13.0 Å². The molecular formula is C15H19NO5. The maximum absolute atomic E-state index is 11.2. The van der Waals surface area contributed by atoms with Crippen LogP contribution >= 0.6 is 0 Å². The van der Waals surface area contributed by atoms with Crippen LogP contribution in [0.3, 0.4) is 0 Å². The van der Waals surface area contributed by atoms with Gasteiger partial charge in [0.15, 0.2) is 0 Å². The summed E-state index contributed by atoms with van der Waals surface area (Å²) in [5, 5.41) is 11.2. The molecule has 0 N–H and O–H groups in total. The third kappa shape index (κ3) is 3.33. The minimum atomic E-state index is -0.426. The molecule has 6 heteroatoms. The minimum Gasteiger partial charge on any atom is -0.493 e. The molecule has 0 saturated heterocycles. The summed E-state index contributed by atoms with van der Waals surface area (Å²) in [7, 11) is 0. The summed E-state index contributed by atoms with van der Waals surface area (Å²) in [5.41, 5.74) is 1.61. The van der Waals surface area contributed by atoms with Crippen molar-refractivity contribution in [3.8, 4) is 11.5 Å². The van der Waals surface area contributed by atoms with E-state index in [1.54, 1.807) is 13.0 Å². The lowest BCUT2D eigenvalue weighted by molar-refractivity contribution is -0.385. The number of nitro groups is 1. The summed E-state index contributed by atoms with van der Waals surface area (Å²) in [6.07, 6.45) is 2.61. The fraction of sp³-hybridized carbons (Fsp3) is 0.467. The van der Waals surface area contributed by atoms with Gasteiger partial charge in [-0.1, -0.05) is 6.08 Å². The molecule has 0 spiro atoms. The summed E-state index contributed by atoms with van der Waals surface area (Å²) in [6, 6.07) is 3.06. The predicted octanol–water partition coefficient (Wildman–Crippen LogP) is 3.20. The van der Waals surface area contributed by atoms with Gasteiger partial charge < -0.3 is 14.2 Å². The number of hydrogen-bond acceptors (Lipinski definition) is 5. The van der Waals surface area contributed by atoms with Gasteiger partial charge in [-0.15, -0.1) is 0 Å². The van der Waals surface area contributed by atoms with E-state index in [9.17, 15) is 10.1 Å². The molecule has 1 heterocycles. The van der Waals surface area contributed by atoms with Crippen molar-refractivity contribution < 1.29 is 19.1 Å². The molecule has 0 fully saturated rings. The van der Waals surface area contributed by atoms with E-state index < -0.39 is 4.92 Å². The van der Waals surface area contributed by atoms with Crippen molar-refractivity contribution in [3.05, 3.63) is 33.9 Å². The first-order valence-electron chi connectivity index (χ1n) is 7.03. The Morgan fingerprint density at radius 2 is 2.05 bits per heavy atom. The second kappa shape index (κ2) is 7.08. The van der Waals surface area contributed by atoms with Crippen molar-refractivity contribution >= 4 is 11.3 Å². The first-order chi connectivity index (χ1) is 10.2. The van der Waals surface area contributed by atoms with Crippen LogP contribution in [-0.2, 0) is 4.74 Å². The quantitative estimate of drug-likeness (QED) is 0.595. The zero-order valence-corrected chi connectivity index (χ0v) is 12.3. The lowest BCUT2D eigenvalue weighted by atomic mass is 9.98. The van der Waals surface area contributed by atoms with Crippen LogP contribution < -0.4 is 9.47 Å². The van der Waals surface area contributed by atoms with Gasteiger partial charge in [0.05, 0.1) is 36.9 Å². The first-order valence-corrected chi connectivity index (χ1v) is 7.03. The molecule has 0 unspecified atom stereocenters. The predicted molar refractivity (Wildman–Crippen MR) is 78.8 cm³/mol. The Morgan fingerprint density at radius 3 is 2.62 bits per heavy atom. The number of nitrogens with zero attached hydrogens (tertiary/aromatic N) is 1. The number of hydrogen-bond donors (Lipinski definition) is 0. The number of nitro benzene ring substituents is 1. The van der Waals surface area contributed by atoms with E-state index in [0.717, 1.165) is 5.57 Å². The Morgan fingerprint density at radius 1 is 1.29 bits per heavy atom. The van der Waals surface area contributed by atoms with Crippen LogP contribution in [0.25, 0.3) is 5.57 Å². The van der Waals surface area contributed by atoms with Crippen molar-refractivity contribution in [3.63, 3.8) is 0 Å². The van der Waals surface area contributed by atoms with Crippen LogP contribution in [0.2, 0.25) is 0 Å². The normalized spacial score (nSPS) is 14.5. The summed E-state index contributed by atoms with van der Waals surface area (Å²) >= 11 is 0. The van der Waals surface area contributed by atoms with Crippen LogP contribution in [0.4, 0.5) is 5.69 Å². The van der Waals surface area contributed by atoms with Gasteiger partial charge in [0.25, 0.3) is 0 Å². The van der Waals surface area contributed by atoms with Gasteiger partial charge >= 0.3 is 5.69 Å². The summed E-state index contributed by atoms with van der Waals surface area (Å²) < 4.78 is 16.5. The maximum Gasteiger partial charge on any atom is 0.311 e. The van der Waals surface area contributed by atoms with Crippen molar-refractivity contribution in [2.45, 2.75) is 20.3 Å². The van der Waals surface area contributed by atoms with E-state index in [1.165, 1.54) is 6.07 Å². The highest BCUT2D eigenvalue weighted by atomic mass is 16.6. The lowest BCUT2D eigenvalue weighted by Crippen LogP contribution is -2.09. The van der Waals surface area contributed by atoms with E-state index in [4.69, 9.17) is 14.2 Å². The van der Waals surface area contributed by atoms with Crippen LogP contribution in [0.5, 0.6) is 11.5 Å². The molecule has 0 bridgehead atoms. The third-order valence-corrected chi connectivity index (χ3v) is 3.17. The van der Waals surface area contributed by atoms with E-state index in [0.29, 0.717) is 44.2 Å². The van der Waals surface area contributed by atoms with Gasteiger partial charge in [0.1, 0.15) is 5.75 Å². The Kier molecular flexibility index (Phi) is 5.16. The van der Waals surface area contributed by atoms with Gasteiger partial charge in [-0.05, 0) is 31.9 Å². The Bertz CT molecular complexity index is 553. The number of benzene rings is 1.